The number of hydrogen-bond donors (Lipinski definition) is 1. The molecule has 1 saturated carbocycles. The maximum atomic E-state index is 4.84. The van der Waals surface area contributed by atoms with Crippen LogP contribution in [0.15, 0.2) is 47.2 Å². The maximum absolute atomic E-state index is 4.84. The number of aromatic nitrogens is 1. The quantitative estimate of drug-likeness (QED) is 0.910. The van der Waals surface area contributed by atoms with Crippen LogP contribution in [0.5, 0.6) is 0 Å². The highest BCUT2D eigenvalue weighted by atomic mass is 16.5. The SMILES string of the molecule is c1ccc(C2CCC(NCc3ccon3)CC2)cc1. The Hall–Kier alpha value is -1.61. The largest absolute Gasteiger partial charge is 0.364 e. The second-order valence-electron chi connectivity index (χ2n) is 5.33. The monoisotopic (exact) mass is 256 g/mol. The molecule has 0 aliphatic heterocycles. The van der Waals surface area contributed by atoms with Crippen LogP contribution < -0.4 is 5.32 Å². The van der Waals surface area contributed by atoms with E-state index in [2.05, 4.69) is 40.8 Å². The van der Waals surface area contributed by atoms with Crippen molar-refractivity contribution in [2.75, 3.05) is 0 Å². The van der Waals surface area contributed by atoms with Crippen molar-refractivity contribution in [3.63, 3.8) is 0 Å². The van der Waals surface area contributed by atoms with E-state index in [1.54, 1.807) is 6.26 Å². The molecule has 1 fully saturated rings. The third kappa shape index (κ3) is 3.24. The molecule has 0 atom stereocenters. The van der Waals surface area contributed by atoms with E-state index in [-0.39, 0.29) is 0 Å². The van der Waals surface area contributed by atoms with Gasteiger partial charge in [-0.25, -0.2) is 0 Å². The van der Waals surface area contributed by atoms with Crippen molar-refractivity contribution in [1.82, 2.24) is 10.5 Å². The zero-order valence-electron chi connectivity index (χ0n) is 11.1. The van der Waals surface area contributed by atoms with Crippen LogP contribution in [0.3, 0.4) is 0 Å². The Kier molecular flexibility index (Phi) is 3.94. The summed E-state index contributed by atoms with van der Waals surface area (Å²) in [6.45, 7) is 0.817. The van der Waals surface area contributed by atoms with E-state index < -0.39 is 0 Å². The molecule has 0 bridgehead atoms. The topological polar surface area (TPSA) is 38.1 Å². The van der Waals surface area contributed by atoms with E-state index in [9.17, 15) is 0 Å². The molecule has 0 unspecified atom stereocenters. The summed E-state index contributed by atoms with van der Waals surface area (Å²) in [7, 11) is 0. The molecule has 3 heteroatoms. The number of benzene rings is 1. The Bertz CT molecular complexity index is 473. The summed E-state index contributed by atoms with van der Waals surface area (Å²) in [6.07, 6.45) is 6.68. The molecule has 1 N–H and O–H groups in total. The van der Waals surface area contributed by atoms with Crippen molar-refractivity contribution in [1.29, 1.82) is 0 Å². The molecule has 3 nitrogen and oxygen atoms in total. The Labute approximate surface area is 114 Å². The van der Waals surface area contributed by atoms with E-state index in [4.69, 9.17) is 4.52 Å². The van der Waals surface area contributed by atoms with Gasteiger partial charge in [0.25, 0.3) is 0 Å². The first-order chi connectivity index (χ1) is 9.42. The van der Waals surface area contributed by atoms with Crippen LogP contribution in [0.2, 0.25) is 0 Å². The molecule has 1 aliphatic rings. The summed E-state index contributed by atoms with van der Waals surface area (Å²) in [6, 6.07) is 13.4. The number of hydrogen-bond acceptors (Lipinski definition) is 3. The summed E-state index contributed by atoms with van der Waals surface area (Å²) >= 11 is 0. The molecule has 0 spiro atoms. The third-order valence-electron chi connectivity index (χ3n) is 4.06. The van der Waals surface area contributed by atoms with Gasteiger partial charge in [-0.1, -0.05) is 35.5 Å². The van der Waals surface area contributed by atoms with Gasteiger partial charge in [0.2, 0.25) is 0 Å². The smallest absolute Gasteiger partial charge is 0.124 e. The molecule has 1 aromatic heterocycles. The molecule has 1 heterocycles. The van der Waals surface area contributed by atoms with E-state index in [0.29, 0.717) is 6.04 Å². The predicted octanol–water partition coefficient (Wildman–Crippen LogP) is 3.49. The van der Waals surface area contributed by atoms with E-state index in [1.807, 2.05) is 6.07 Å². The number of nitrogens with zero attached hydrogens (tertiary/aromatic N) is 1. The molecular weight excluding hydrogens is 236 g/mol. The lowest BCUT2D eigenvalue weighted by atomic mass is 9.82. The van der Waals surface area contributed by atoms with Gasteiger partial charge >= 0.3 is 0 Å². The van der Waals surface area contributed by atoms with Gasteiger partial charge in [0.05, 0.1) is 5.69 Å². The zero-order chi connectivity index (χ0) is 12.9. The van der Waals surface area contributed by atoms with Gasteiger partial charge in [-0.05, 0) is 37.2 Å². The van der Waals surface area contributed by atoms with E-state index in [0.717, 1.165) is 18.2 Å². The van der Waals surface area contributed by atoms with Crippen molar-refractivity contribution >= 4 is 0 Å². The lowest BCUT2D eigenvalue weighted by molar-refractivity contribution is 0.336. The maximum Gasteiger partial charge on any atom is 0.124 e. The standard InChI is InChI=1S/C16H20N2O/c1-2-4-13(5-3-1)14-6-8-15(9-7-14)17-12-16-10-11-19-18-16/h1-5,10-11,14-15,17H,6-9,12H2. The average Bonchev–Trinajstić information content (AvgIpc) is 3.00. The highest BCUT2D eigenvalue weighted by molar-refractivity contribution is 5.20. The van der Waals surface area contributed by atoms with Gasteiger partial charge in [0.15, 0.2) is 0 Å². The van der Waals surface area contributed by atoms with Crippen LogP contribution >= 0.6 is 0 Å². The minimum absolute atomic E-state index is 0.622. The summed E-state index contributed by atoms with van der Waals surface area (Å²) in [5.74, 6) is 0.742. The van der Waals surface area contributed by atoms with E-state index in [1.165, 1.54) is 31.2 Å². The fourth-order valence-electron chi connectivity index (χ4n) is 2.93. The molecular formula is C16H20N2O. The van der Waals surface area contributed by atoms with Crippen LogP contribution in [0.4, 0.5) is 0 Å². The average molecular weight is 256 g/mol. The van der Waals surface area contributed by atoms with Crippen molar-refractivity contribution in [2.45, 2.75) is 44.2 Å². The van der Waals surface area contributed by atoms with Crippen LogP contribution in [-0.4, -0.2) is 11.2 Å². The first-order valence-electron chi connectivity index (χ1n) is 7.09. The molecule has 3 rings (SSSR count). The van der Waals surface area contributed by atoms with Crippen molar-refractivity contribution in [3.8, 4) is 0 Å². The highest BCUT2D eigenvalue weighted by Gasteiger charge is 2.21. The third-order valence-corrected chi connectivity index (χ3v) is 4.06. The Morgan fingerprint density at radius 1 is 1.05 bits per heavy atom. The van der Waals surface area contributed by atoms with Crippen LogP contribution in [0, 0.1) is 0 Å². The molecule has 19 heavy (non-hydrogen) atoms. The molecule has 0 amide bonds. The second-order valence-corrected chi connectivity index (χ2v) is 5.33. The van der Waals surface area contributed by atoms with Crippen molar-refractivity contribution < 1.29 is 4.52 Å². The molecule has 1 aromatic carbocycles. The first kappa shape index (κ1) is 12.4. The molecule has 2 aromatic rings. The Balaban J connectivity index is 1.47. The molecule has 100 valence electrons. The molecule has 0 saturated heterocycles. The van der Waals surface area contributed by atoms with Gasteiger partial charge in [-0.2, -0.15) is 0 Å². The lowest BCUT2D eigenvalue weighted by Gasteiger charge is -2.29. The fourth-order valence-corrected chi connectivity index (χ4v) is 2.93. The van der Waals surface area contributed by atoms with Crippen LogP contribution in [0.1, 0.15) is 42.9 Å². The predicted molar refractivity (Wildman–Crippen MR) is 74.8 cm³/mol. The minimum Gasteiger partial charge on any atom is -0.364 e. The lowest BCUT2D eigenvalue weighted by Crippen LogP contribution is -2.32. The second kappa shape index (κ2) is 6.02. The Morgan fingerprint density at radius 2 is 1.84 bits per heavy atom. The van der Waals surface area contributed by atoms with Gasteiger partial charge in [-0.3, -0.25) is 0 Å². The van der Waals surface area contributed by atoms with Gasteiger partial charge in [-0.15, -0.1) is 0 Å². The van der Waals surface area contributed by atoms with Gasteiger partial charge < -0.3 is 9.84 Å². The minimum atomic E-state index is 0.622. The molecule has 0 radical (unpaired) electrons. The zero-order valence-corrected chi connectivity index (χ0v) is 11.1. The van der Waals surface area contributed by atoms with Gasteiger partial charge in [0, 0.05) is 18.7 Å². The highest BCUT2D eigenvalue weighted by Crippen LogP contribution is 2.32. The summed E-state index contributed by atoms with van der Waals surface area (Å²) < 4.78 is 4.84. The van der Waals surface area contributed by atoms with Gasteiger partial charge in [0.1, 0.15) is 6.26 Å². The van der Waals surface area contributed by atoms with Crippen LogP contribution in [-0.2, 0) is 6.54 Å². The van der Waals surface area contributed by atoms with Crippen LogP contribution in [0.25, 0.3) is 0 Å². The summed E-state index contributed by atoms with van der Waals surface area (Å²) in [5, 5.41) is 7.50. The normalized spacial score (nSPS) is 23.4. The summed E-state index contributed by atoms with van der Waals surface area (Å²) in [4.78, 5) is 0. The molecule has 1 aliphatic carbocycles. The number of rotatable bonds is 4. The van der Waals surface area contributed by atoms with Crippen molar-refractivity contribution in [2.24, 2.45) is 0 Å². The number of nitrogens with one attached hydrogen (secondary N) is 1. The summed E-state index contributed by atoms with van der Waals surface area (Å²) in [5.41, 5.74) is 2.49. The Morgan fingerprint density at radius 3 is 2.53 bits per heavy atom. The first-order valence-corrected chi connectivity index (χ1v) is 7.09. The van der Waals surface area contributed by atoms with Crippen molar-refractivity contribution in [3.05, 3.63) is 53.9 Å². The fraction of sp³-hybridized carbons (Fsp3) is 0.438. The van der Waals surface area contributed by atoms with E-state index >= 15 is 0 Å².